The van der Waals surface area contributed by atoms with E-state index in [4.69, 9.17) is 0 Å². The second kappa shape index (κ2) is 6.41. The first kappa shape index (κ1) is 13.6. The van der Waals surface area contributed by atoms with Gasteiger partial charge in [0.1, 0.15) is 0 Å². The number of carbonyl (C=O) groups excluding carboxylic acids is 1. The van der Waals surface area contributed by atoms with E-state index >= 15 is 0 Å². The Morgan fingerprint density at radius 3 is 2.80 bits per heavy atom. The fraction of sp³-hybridized carbons (Fsp3) is 0.400. The van der Waals surface area contributed by atoms with Gasteiger partial charge >= 0.3 is 6.03 Å². The van der Waals surface area contributed by atoms with Gasteiger partial charge in [-0.15, -0.1) is 11.3 Å². The Kier molecular flexibility index (Phi) is 4.38. The Morgan fingerprint density at radius 1 is 1.30 bits per heavy atom. The first-order valence-electron chi connectivity index (χ1n) is 6.90. The highest BCUT2D eigenvalue weighted by atomic mass is 32.1. The fourth-order valence-corrected chi connectivity index (χ4v) is 4.00. The lowest BCUT2D eigenvalue weighted by molar-refractivity contribution is 0.181. The monoisotopic (exact) mass is 306 g/mol. The minimum Gasteiger partial charge on any atom is -0.333 e. The summed E-state index contributed by atoms with van der Waals surface area (Å²) in [7, 11) is 0. The number of hydrogen-bond acceptors (Lipinski definition) is 3. The number of thiophene rings is 2. The number of piperidine rings is 1. The van der Waals surface area contributed by atoms with Crippen LogP contribution in [-0.2, 0) is 6.54 Å². The number of amides is 2. The molecule has 0 spiro atoms. The van der Waals surface area contributed by atoms with Crippen LogP contribution in [0.5, 0.6) is 0 Å². The van der Waals surface area contributed by atoms with E-state index in [1.165, 1.54) is 10.4 Å². The van der Waals surface area contributed by atoms with Crippen LogP contribution < -0.4 is 5.32 Å². The topological polar surface area (TPSA) is 32.3 Å². The average molecular weight is 306 g/mol. The summed E-state index contributed by atoms with van der Waals surface area (Å²) in [5.74, 6) is 0.627. The highest BCUT2D eigenvalue weighted by molar-refractivity contribution is 7.09. The second-order valence-electron chi connectivity index (χ2n) is 5.06. The zero-order valence-electron chi connectivity index (χ0n) is 11.2. The summed E-state index contributed by atoms with van der Waals surface area (Å²) >= 11 is 3.43. The predicted octanol–water partition coefficient (Wildman–Crippen LogP) is 3.90. The van der Waals surface area contributed by atoms with Gasteiger partial charge in [-0.1, -0.05) is 6.07 Å². The zero-order valence-corrected chi connectivity index (χ0v) is 12.9. The molecule has 1 aliphatic rings. The van der Waals surface area contributed by atoms with Gasteiger partial charge in [0.2, 0.25) is 0 Å². The van der Waals surface area contributed by atoms with Crippen LogP contribution in [0.2, 0.25) is 0 Å². The molecular formula is C15H18N2OS2. The number of rotatable bonds is 3. The molecule has 0 radical (unpaired) electrons. The van der Waals surface area contributed by atoms with E-state index in [-0.39, 0.29) is 6.03 Å². The van der Waals surface area contributed by atoms with E-state index in [1.54, 1.807) is 22.7 Å². The van der Waals surface area contributed by atoms with Gasteiger partial charge in [-0.2, -0.15) is 11.3 Å². The minimum atomic E-state index is 0.0715. The first-order valence-corrected chi connectivity index (χ1v) is 8.72. The van der Waals surface area contributed by atoms with Crippen molar-refractivity contribution in [2.75, 3.05) is 13.1 Å². The van der Waals surface area contributed by atoms with Crippen LogP contribution >= 0.6 is 22.7 Å². The molecule has 5 heteroatoms. The molecule has 1 aliphatic heterocycles. The van der Waals surface area contributed by atoms with Gasteiger partial charge < -0.3 is 10.2 Å². The smallest absolute Gasteiger partial charge is 0.317 e. The molecule has 2 aromatic rings. The van der Waals surface area contributed by atoms with Crippen molar-refractivity contribution in [1.29, 1.82) is 0 Å². The molecule has 0 saturated carbocycles. The Hall–Kier alpha value is -1.33. The molecule has 20 heavy (non-hydrogen) atoms. The Bertz CT molecular complexity index is 528. The van der Waals surface area contributed by atoms with E-state index in [0.717, 1.165) is 25.9 Å². The van der Waals surface area contributed by atoms with Gasteiger partial charge in [-0.3, -0.25) is 0 Å². The summed E-state index contributed by atoms with van der Waals surface area (Å²) < 4.78 is 0. The van der Waals surface area contributed by atoms with Crippen LogP contribution in [0.3, 0.4) is 0 Å². The number of carbonyl (C=O) groups is 1. The van der Waals surface area contributed by atoms with Gasteiger partial charge in [-0.05, 0) is 52.6 Å². The third-order valence-electron chi connectivity index (χ3n) is 3.79. The molecule has 2 amide bonds. The van der Waals surface area contributed by atoms with Crippen LogP contribution in [0.25, 0.3) is 0 Å². The molecule has 2 aromatic heterocycles. The Labute approximate surface area is 127 Å². The molecule has 0 unspecified atom stereocenters. The van der Waals surface area contributed by atoms with E-state index < -0.39 is 0 Å². The molecular weight excluding hydrogens is 288 g/mol. The van der Waals surface area contributed by atoms with Crippen LogP contribution in [0.1, 0.15) is 29.2 Å². The van der Waals surface area contributed by atoms with Gasteiger partial charge in [0.15, 0.2) is 0 Å². The fourth-order valence-electron chi connectivity index (χ4n) is 2.61. The molecule has 3 rings (SSSR count). The lowest BCUT2D eigenvalue weighted by Gasteiger charge is -2.31. The molecule has 0 aliphatic carbocycles. The highest BCUT2D eigenvalue weighted by Crippen LogP contribution is 2.29. The third kappa shape index (κ3) is 3.22. The van der Waals surface area contributed by atoms with Crippen molar-refractivity contribution in [3.8, 4) is 0 Å². The summed E-state index contributed by atoms with van der Waals surface area (Å²) in [5.41, 5.74) is 1.44. The van der Waals surface area contributed by atoms with Crippen molar-refractivity contribution in [2.45, 2.75) is 25.3 Å². The largest absolute Gasteiger partial charge is 0.333 e. The van der Waals surface area contributed by atoms with Crippen LogP contribution in [-0.4, -0.2) is 24.0 Å². The van der Waals surface area contributed by atoms with Crippen LogP contribution in [0.4, 0.5) is 4.79 Å². The molecule has 1 saturated heterocycles. The lowest BCUT2D eigenvalue weighted by atomic mass is 9.91. The second-order valence-corrected chi connectivity index (χ2v) is 6.87. The number of urea groups is 1. The molecule has 1 N–H and O–H groups in total. The van der Waals surface area contributed by atoms with E-state index in [1.807, 2.05) is 22.4 Å². The molecule has 1 fully saturated rings. The minimum absolute atomic E-state index is 0.0715. The number of nitrogens with one attached hydrogen (secondary N) is 1. The van der Waals surface area contributed by atoms with Gasteiger partial charge in [0.05, 0.1) is 6.54 Å². The lowest BCUT2D eigenvalue weighted by Crippen LogP contribution is -2.43. The van der Waals surface area contributed by atoms with Crippen molar-refractivity contribution in [3.05, 3.63) is 44.8 Å². The van der Waals surface area contributed by atoms with Crippen molar-refractivity contribution < 1.29 is 4.79 Å². The first-order chi connectivity index (χ1) is 9.83. The van der Waals surface area contributed by atoms with Crippen LogP contribution in [0.15, 0.2) is 34.3 Å². The normalized spacial score (nSPS) is 16.3. The molecule has 3 heterocycles. The Balaban J connectivity index is 1.46. The molecule has 3 nitrogen and oxygen atoms in total. The number of likely N-dealkylation sites (tertiary alicyclic amines) is 1. The van der Waals surface area contributed by atoms with Crippen molar-refractivity contribution in [3.63, 3.8) is 0 Å². The zero-order chi connectivity index (χ0) is 13.8. The maximum absolute atomic E-state index is 12.1. The van der Waals surface area contributed by atoms with E-state index in [9.17, 15) is 4.79 Å². The molecule has 106 valence electrons. The van der Waals surface area contributed by atoms with Gasteiger partial charge in [0.25, 0.3) is 0 Å². The Morgan fingerprint density at radius 2 is 2.15 bits per heavy atom. The summed E-state index contributed by atoms with van der Waals surface area (Å²) in [6.07, 6.45) is 2.15. The van der Waals surface area contributed by atoms with Crippen LogP contribution in [0, 0.1) is 0 Å². The predicted molar refractivity (Wildman–Crippen MR) is 84.4 cm³/mol. The number of nitrogens with zero attached hydrogens (tertiary/aromatic N) is 1. The maximum atomic E-state index is 12.1. The van der Waals surface area contributed by atoms with E-state index in [2.05, 4.69) is 22.1 Å². The average Bonchev–Trinajstić information content (AvgIpc) is 3.18. The van der Waals surface area contributed by atoms with Gasteiger partial charge in [0, 0.05) is 18.0 Å². The van der Waals surface area contributed by atoms with E-state index in [0.29, 0.717) is 12.5 Å². The summed E-state index contributed by atoms with van der Waals surface area (Å²) in [5, 5.41) is 9.41. The SMILES string of the molecule is O=C(NCc1cccs1)N1CCC(c2ccsc2)CC1. The van der Waals surface area contributed by atoms with Crippen molar-refractivity contribution >= 4 is 28.7 Å². The molecule has 0 bridgehead atoms. The maximum Gasteiger partial charge on any atom is 0.317 e. The van der Waals surface area contributed by atoms with Crippen molar-refractivity contribution in [1.82, 2.24) is 10.2 Å². The summed E-state index contributed by atoms with van der Waals surface area (Å²) in [6, 6.07) is 6.34. The quantitative estimate of drug-likeness (QED) is 0.916. The summed E-state index contributed by atoms with van der Waals surface area (Å²) in [6.45, 7) is 2.36. The molecule has 0 atom stereocenters. The highest BCUT2D eigenvalue weighted by Gasteiger charge is 2.23. The standard InChI is InChI=1S/C15H18N2OS2/c18-15(16-10-14-2-1-8-20-14)17-6-3-12(4-7-17)13-5-9-19-11-13/h1-2,5,8-9,11-12H,3-4,6-7,10H2,(H,16,18). The third-order valence-corrected chi connectivity index (χ3v) is 5.37. The van der Waals surface area contributed by atoms with Crippen molar-refractivity contribution in [2.24, 2.45) is 0 Å². The summed E-state index contributed by atoms with van der Waals surface area (Å²) in [4.78, 5) is 15.2. The van der Waals surface area contributed by atoms with Gasteiger partial charge in [-0.25, -0.2) is 4.79 Å². The molecule has 0 aromatic carbocycles. The number of hydrogen-bond donors (Lipinski definition) is 1.